The van der Waals surface area contributed by atoms with Crippen molar-refractivity contribution in [3.05, 3.63) is 57.3 Å². The van der Waals surface area contributed by atoms with Crippen LogP contribution in [0.15, 0.2) is 35.0 Å². The Morgan fingerprint density at radius 2 is 2.26 bits per heavy atom. The van der Waals surface area contributed by atoms with E-state index in [2.05, 4.69) is 54.2 Å². The molecular weight excluding hydrogens is 250 g/mol. The summed E-state index contributed by atoms with van der Waals surface area (Å²) < 4.78 is 0. The molecule has 100 valence electrons. The maximum atomic E-state index is 3.81. The van der Waals surface area contributed by atoms with Crippen LogP contribution in [0.3, 0.4) is 0 Å². The lowest BCUT2D eigenvalue weighted by molar-refractivity contribution is 0.451. The van der Waals surface area contributed by atoms with Crippen LogP contribution in [-0.2, 0) is 12.8 Å². The van der Waals surface area contributed by atoms with E-state index in [9.17, 15) is 0 Å². The van der Waals surface area contributed by atoms with Gasteiger partial charge in [0.25, 0.3) is 0 Å². The number of thiophene rings is 1. The summed E-state index contributed by atoms with van der Waals surface area (Å²) in [6.45, 7) is 4.48. The Labute approximate surface area is 119 Å². The molecule has 0 fully saturated rings. The minimum Gasteiger partial charge on any atom is -0.307 e. The highest BCUT2D eigenvalue weighted by molar-refractivity contribution is 7.07. The summed E-state index contributed by atoms with van der Waals surface area (Å²) in [5.74, 6) is 0. The van der Waals surface area contributed by atoms with E-state index in [0.717, 1.165) is 6.42 Å². The first-order valence-electron chi connectivity index (χ1n) is 7.09. The molecule has 2 aromatic rings. The van der Waals surface area contributed by atoms with Gasteiger partial charge in [0.15, 0.2) is 0 Å². The summed E-state index contributed by atoms with van der Waals surface area (Å²) in [6, 6.07) is 10.2. The van der Waals surface area contributed by atoms with Crippen molar-refractivity contribution >= 4 is 11.3 Å². The third kappa shape index (κ3) is 2.90. The minimum absolute atomic E-state index is 0.533. The Balaban J connectivity index is 1.67. The quantitative estimate of drug-likeness (QED) is 0.876. The van der Waals surface area contributed by atoms with Crippen molar-refractivity contribution in [2.75, 3.05) is 0 Å². The predicted molar refractivity (Wildman–Crippen MR) is 82.9 cm³/mol. The Kier molecular flexibility index (Phi) is 3.72. The lowest BCUT2D eigenvalue weighted by Crippen LogP contribution is -2.31. The summed E-state index contributed by atoms with van der Waals surface area (Å²) in [7, 11) is 0. The molecule has 2 unspecified atom stereocenters. The van der Waals surface area contributed by atoms with E-state index in [-0.39, 0.29) is 0 Å². The lowest BCUT2D eigenvalue weighted by atomic mass is 10.0. The molecule has 1 N–H and O–H groups in total. The molecule has 0 amide bonds. The molecule has 0 radical (unpaired) electrons. The lowest BCUT2D eigenvalue weighted by Gasteiger charge is -2.20. The van der Waals surface area contributed by atoms with Crippen LogP contribution in [0.25, 0.3) is 0 Å². The van der Waals surface area contributed by atoms with Gasteiger partial charge in [-0.3, -0.25) is 0 Å². The molecule has 1 aliphatic carbocycles. The first-order valence-corrected chi connectivity index (χ1v) is 8.03. The molecule has 1 aliphatic rings. The first kappa shape index (κ1) is 12.9. The molecule has 0 bridgehead atoms. The van der Waals surface area contributed by atoms with Crippen LogP contribution in [0.4, 0.5) is 0 Å². The zero-order chi connectivity index (χ0) is 13.2. The largest absolute Gasteiger partial charge is 0.307 e. The molecule has 3 rings (SSSR count). The molecule has 0 spiro atoms. The maximum absolute atomic E-state index is 3.81. The molecule has 0 saturated carbocycles. The van der Waals surface area contributed by atoms with Gasteiger partial charge in [0, 0.05) is 12.1 Å². The van der Waals surface area contributed by atoms with Crippen LogP contribution in [0.5, 0.6) is 0 Å². The highest BCUT2D eigenvalue weighted by atomic mass is 32.1. The van der Waals surface area contributed by atoms with Crippen molar-refractivity contribution in [2.45, 2.75) is 45.2 Å². The number of hydrogen-bond donors (Lipinski definition) is 1. The Morgan fingerprint density at radius 3 is 3.05 bits per heavy atom. The fourth-order valence-electron chi connectivity index (χ4n) is 3.06. The van der Waals surface area contributed by atoms with Crippen LogP contribution in [0, 0.1) is 6.92 Å². The van der Waals surface area contributed by atoms with E-state index in [1.165, 1.54) is 35.1 Å². The number of nitrogens with one attached hydrogen (secondary N) is 1. The van der Waals surface area contributed by atoms with Crippen LogP contribution in [0.2, 0.25) is 0 Å². The zero-order valence-corrected chi connectivity index (χ0v) is 12.5. The number of fused-ring (bicyclic) bond motifs is 1. The molecule has 2 atom stereocenters. The number of aryl methyl sites for hydroxylation is 2. The fourth-order valence-corrected chi connectivity index (χ4v) is 3.74. The highest BCUT2D eigenvalue weighted by Gasteiger charge is 2.23. The second-order valence-corrected chi connectivity index (χ2v) is 6.48. The third-order valence-corrected chi connectivity index (χ3v) is 4.72. The monoisotopic (exact) mass is 271 g/mol. The van der Waals surface area contributed by atoms with Gasteiger partial charge in [-0.2, -0.15) is 11.3 Å². The average molecular weight is 271 g/mol. The molecule has 0 aliphatic heterocycles. The normalized spacial score (nSPS) is 19.4. The molecular formula is C17H21NS. The van der Waals surface area contributed by atoms with Crippen molar-refractivity contribution in [1.82, 2.24) is 5.32 Å². The van der Waals surface area contributed by atoms with Crippen LogP contribution in [0.1, 0.15) is 41.6 Å². The van der Waals surface area contributed by atoms with Gasteiger partial charge in [-0.1, -0.05) is 23.8 Å². The molecule has 1 heterocycles. The second kappa shape index (κ2) is 5.48. The van der Waals surface area contributed by atoms with E-state index in [0.29, 0.717) is 12.1 Å². The highest BCUT2D eigenvalue weighted by Crippen LogP contribution is 2.32. The fraction of sp³-hybridized carbons (Fsp3) is 0.412. The summed E-state index contributed by atoms with van der Waals surface area (Å²) in [6.07, 6.45) is 3.59. The SMILES string of the molecule is Cc1ccc2c(c1)C(NC(C)Cc1ccsc1)CC2. The first-order chi connectivity index (χ1) is 9.22. The van der Waals surface area contributed by atoms with Gasteiger partial charge in [-0.15, -0.1) is 0 Å². The smallest absolute Gasteiger partial charge is 0.0328 e. The second-order valence-electron chi connectivity index (χ2n) is 5.70. The van der Waals surface area contributed by atoms with Gasteiger partial charge in [0.1, 0.15) is 0 Å². The Hall–Kier alpha value is -1.12. The van der Waals surface area contributed by atoms with Crippen LogP contribution >= 0.6 is 11.3 Å². The van der Waals surface area contributed by atoms with E-state index in [1.54, 1.807) is 11.3 Å². The van der Waals surface area contributed by atoms with Crippen LogP contribution < -0.4 is 5.32 Å². The summed E-state index contributed by atoms with van der Waals surface area (Å²) in [5.41, 5.74) is 5.88. The maximum Gasteiger partial charge on any atom is 0.0328 e. The number of hydrogen-bond acceptors (Lipinski definition) is 2. The number of benzene rings is 1. The molecule has 19 heavy (non-hydrogen) atoms. The minimum atomic E-state index is 0.533. The summed E-state index contributed by atoms with van der Waals surface area (Å²) in [5, 5.41) is 8.22. The van der Waals surface area contributed by atoms with Crippen molar-refractivity contribution in [1.29, 1.82) is 0 Å². The van der Waals surface area contributed by atoms with E-state index in [4.69, 9.17) is 0 Å². The average Bonchev–Trinajstić information content (AvgIpc) is 3.00. The Bertz CT molecular complexity index is 544. The standard InChI is InChI=1S/C17H21NS/c1-12-3-4-15-5-6-17(16(15)9-12)18-13(2)10-14-7-8-19-11-14/h3-4,7-9,11,13,17-18H,5-6,10H2,1-2H3. The van der Waals surface area contributed by atoms with Crippen molar-refractivity contribution in [3.63, 3.8) is 0 Å². The van der Waals surface area contributed by atoms with Gasteiger partial charge >= 0.3 is 0 Å². The number of rotatable bonds is 4. The van der Waals surface area contributed by atoms with Crippen molar-refractivity contribution in [3.8, 4) is 0 Å². The van der Waals surface area contributed by atoms with Crippen LogP contribution in [-0.4, -0.2) is 6.04 Å². The molecule has 0 saturated heterocycles. The van der Waals surface area contributed by atoms with Crippen molar-refractivity contribution < 1.29 is 0 Å². The van der Waals surface area contributed by atoms with Gasteiger partial charge in [-0.25, -0.2) is 0 Å². The zero-order valence-electron chi connectivity index (χ0n) is 11.6. The summed E-state index contributed by atoms with van der Waals surface area (Å²) in [4.78, 5) is 0. The molecule has 1 aromatic carbocycles. The molecule has 1 nitrogen and oxygen atoms in total. The van der Waals surface area contributed by atoms with Crippen molar-refractivity contribution in [2.24, 2.45) is 0 Å². The van der Waals surface area contributed by atoms with Gasteiger partial charge in [0.05, 0.1) is 0 Å². The Morgan fingerprint density at radius 1 is 1.37 bits per heavy atom. The summed E-state index contributed by atoms with van der Waals surface area (Å²) >= 11 is 1.79. The van der Waals surface area contributed by atoms with E-state index >= 15 is 0 Å². The van der Waals surface area contributed by atoms with E-state index < -0.39 is 0 Å². The molecule has 1 aromatic heterocycles. The van der Waals surface area contributed by atoms with Gasteiger partial charge in [-0.05, 0) is 66.6 Å². The third-order valence-electron chi connectivity index (χ3n) is 3.99. The predicted octanol–water partition coefficient (Wildman–Crippen LogP) is 4.26. The van der Waals surface area contributed by atoms with E-state index in [1.807, 2.05) is 0 Å². The molecule has 2 heteroatoms. The van der Waals surface area contributed by atoms with Gasteiger partial charge < -0.3 is 5.32 Å². The topological polar surface area (TPSA) is 12.0 Å². The van der Waals surface area contributed by atoms with Gasteiger partial charge in [0.2, 0.25) is 0 Å².